The highest BCUT2D eigenvalue weighted by Gasteiger charge is 2.33. The van der Waals surface area contributed by atoms with Crippen LogP contribution in [0.4, 0.5) is 0 Å². The van der Waals surface area contributed by atoms with Gasteiger partial charge in [0.2, 0.25) is 0 Å². The summed E-state index contributed by atoms with van der Waals surface area (Å²) in [5.74, 6) is 1.53. The number of para-hydroxylation sites is 1. The van der Waals surface area contributed by atoms with Gasteiger partial charge in [-0.3, -0.25) is 0 Å². The highest BCUT2D eigenvalue weighted by molar-refractivity contribution is 9.10. The average Bonchev–Trinajstić information content (AvgIpc) is 2.46. The molecular weight excluding hydrogens is 376 g/mol. The highest BCUT2D eigenvalue weighted by Crippen LogP contribution is 2.38. The third-order valence-corrected chi connectivity index (χ3v) is 5.32. The van der Waals surface area contributed by atoms with Crippen LogP contribution in [-0.2, 0) is 4.74 Å². The quantitative estimate of drug-likeness (QED) is 0.707. The minimum Gasteiger partial charge on any atom is -0.493 e. The fourth-order valence-electron chi connectivity index (χ4n) is 2.14. The van der Waals surface area contributed by atoms with Gasteiger partial charge in [-0.05, 0) is 40.9 Å². The first-order valence-electron chi connectivity index (χ1n) is 6.30. The van der Waals surface area contributed by atoms with Crippen LogP contribution in [0.25, 0.3) is 0 Å². The lowest BCUT2D eigenvalue weighted by molar-refractivity contribution is 0.00300. The zero-order valence-corrected chi connectivity index (χ0v) is 14.1. The van der Waals surface area contributed by atoms with Crippen LogP contribution in [0.3, 0.4) is 0 Å². The Kier molecular flexibility index (Phi) is 5.54. The van der Waals surface area contributed by atoms with Gasteiger partial charge in [-0.25, -0.2) is 0 Å². The van der Waals surface area contributed by atoms with Crippen molar-refractivity contribution in [2.45, 2.75) is 12.8 Å². The summed E-state index contributed by atoms with van der Waals surface area (Å²) in [7, 11) is 1.66. The van der Waals surface area contributed by atoms with E-state index >= 15 is 0 Å². The topological polar surface area (TPSA) is 27.7 Å². The lowest BCUT2D eigenvalue weighted by Crippen LogP contribution is -2.36. The van der Waals surface area contributed by atoms with E-state index in [4.69, 9.17) is 14.2 Å². The average molecular weight is 394 g/mol. The Morgan fingerprint density at radius 3 is 2.68 bits per heavy atom. The smallest absolute Gasteiger partial charge is 0.175 e. The highest BCUT2D eigenvalue weighted by atomic mass is 79.9. The first-order valence-corrected chi connectivity index (χ1v) is 8.21. The Labute approximate surface area is 130 Å². The number of rotatable bonds is 5. The Morgan fingerprint density at radius 1 is 1.32 bits per heavy atom. The molecule has 0 radical (unpaired) electrons. The van der Waals surface area contributed by atoms with Gasteiger partial charge in [0.1, 0.15) is 0 Å². The predicted molar refractivity (Wildman–Crippen MR) is 82.5 cm³/mol. The molecule has 1 saturated heterocycles. The molecule has 1 aliphatic heterocycles. The number of methoxy groups -OCH3 is 1. The molecular formula is C14H18Br2O3. The van der Waals surface area contributed by atoms with Crippen molar-refractivity contribution in [3.05, 3.63) is 22.7 Å². The first kappa shape index (κ1) is 15.1. The van der Waals surface area contributed by atoms with Crippen LogP contribution in [0.15, 0.2) is 22.7 Å². The number of hydrogen-bond donors (Lipinski definition) is 0. The molecule has 5 heteroatoms. The summed E-state index contributed by atoms with van der Waals surface area (Å²) in [4.78, 5) is 0. The van der Waals surface area contributed by atoms with Crippen molar-refractivity contribution in [1.82, 2.24) is 0 Å². The van der Waals surface area contributed by atoms with Crippen molar-refractivity contribution in [3.63, 3.8) is 0 Å². The van der Waals surface area contributed by atoms with Gasteiger partial charge < -0.3 is 14.2 Å². The molecule has 0 bridgehead atoms. The molecule has 0 N–H and O–H groups in total. The molecule has 0 spiro atoms. The van der Waals surface area contributed by atoms with Gasteiger partial charge in [-0.1, -0.05) is 22.0 Å². The van der Waals surface area contributed by atoms with E-state index < -0.39 is 0 Å². The summed E-state index contributed by atoms with van der Waals surface area (Å²) in [6, 6.07) is 5.80. The van der Waals surface area contributed by atoms with Crippen LogP contribution in [0, 0.1) is 5.41 Å². The molecule has 106 valence electrons. The molecule has 2 rings (SSSR count). The molecule has 0 saturated carbocycles. The summed E-state index contributed by atoms with van der Waals surface area (Å²) < 4.78 is 17.7. The molecule has 0 amide bonds. The molecule has 1 fully saturated rings. The van der Waals surface area contributed by atoms with Crippen molar-refractivity contribution in [3.8, 4) is 11.5 Å². The van der Waals surface area contributed by atoms with E-state index in [1.807, 2.05) is 18.2 Å². The summed E-state index contributed by atoms with van der Waals surface area (Å²) in [6.45, 7) is 2.28. The zero-order chi connectivity index (χ0) is 13.7. The van der Waals surface area contributed by atoms with E-state index in [0.717, 1.165) is 47.4 Å². The molecule has 0 aliphatic carbocycles. The molecule has 1 heterocycles. The summed E-state index contributed by atoms with van der Waals surface area (Å²) >= 11 is 7.13. The third kappa shape index (κ3) is 3.64. The van der Waals surface area contributed by atoms with Crippen LogP contribution in [0.5, 0.6) is 11.5 Å². The van der Waals surface area contributed by atoms with Crippen molar-refractivity contribution >= 4 is 31.9 Å². The number of alkyl halides is 1. The molecule has 0 atom stereocenters. The fourth-order valence-corrected chi connectivity index (χ4v) is 3.32. The second-order valence-electron chi connectivity index (χ2n) is 4.81. The van der Waals surface area contributed by atoms with Gasteiger partial charge in [-0.2, -0.15) is 0 Å². The van der Waals surface area contributed by atoms with Crippen LogP contribution in [0.1, 0.15) is 12.8 Å². The predicted octanol–water partition coefficient (Wildman–Crippen LogP) is 4.03. The Bertz CT molecular complexity index is 417. The number of hydrogen-bond acceptors (Lipinski definition) is 3. The second kappa shape index (κ2) is 6.95. The standard InChI is InChI=1S/C14H18Br2O3/c1-17-12-4-2-3-11(16)13(12)19-10-14(9-15)5-7-18-8-6-14/h2-4H,5-10H2,1H3. The van der Waals surface area contributed by atoms with E-state index in [1.165, 1.54) is 0 Å². The SMILES string of the molecule is COc1cccc(Br)c1OCC1(CBr)CCOCC1. The maximum Gasteiger partial charge on any atom is 0.175 e. The molecule has 0 unspecified atom stereocenters. The van der Waals surface area contributed by atoms with Crippen molar-refractivity contribution in [2.75, 3.05) is 32.3 Å². The number of ether oxygens (including phenoxy) is 3. The van der Waals surface area contributed by atoms with E-state index in [9.17, 15) is 0 Å². The van der Waals surface area contributed by atoms with Crippen LogP contribution in [-0.4, -0.2) is 32.3 Å². The number of benzene rings is 1. The van der Waals surface area contributed by atoms with Gasteiger partial charge in [0.05, 0.1) is 18.2 Å². The van der Waals surface area contributed by atoms with Gasteiger partial charge in [-0.15, -0.1) is 0 Å². The van der Waals surface area contributed by atoms with Gasteiger partial charge in [0.25, 0.3) is 0 Å². The van der Waals surface area contributed by atoms with Crippen LogP contribution in [0.2, 0.25) is 0 Å². The van der Waals surface area contributed by atoms with Crippen molar-refractivity contribution < 1.29 is 14.2 Å². The van der Waals surface area contributed by atoms with Gasteiger partial charge >= 0.3 is 0 Å². The van der Waals surface area contributed by atoms with Gasteiger partial charge in [0.15, 0.2) is 11.5 Å². The lowest BCUT2D eigenvalue weighted by Gasteiger charge is -2.35. The molecule has 3 nitrogen and oxygen atoms in total. The number of halogens is 2. The molecule has 1 aromatic carbocycles. The Morgan fingerprint density at radius 2 is 2.05 bits per heavy atom. The summed E-state index contributed by atoms with van der Waals surface area (Å²) in [5.41, 5.74) is 0.151. The summed E-state index contributed by atoms with van der Waals surface area (Å²) in [5, 5.41) is 0.927. The van der Waals surface area contributed by atoms with E-state index in [0.29, 0.717) is 6.61 Å². The Hall–Kier alpha value is -0.260. The third-order valence-electron chi connectivity index (χ3n) is 3.51. The minimum absolute atomic E-state index is 0.151. The molecule has 1 aliphatic rings. The molecule has 19 heavy (non-hydrogen) atoms. The largest absolute Gasteiger partial charge is 0.493 e. The fraction of sp³-hybridized carbons (Fsp3) is 0.571. The monoisotopic (exact) mass is 392 g/mol. The molecule has 0 aromatic heterocycles. The maximum atomic E-state index is 6.04. The summed E-state index contributed by atoms with van der Waals surface area (Å²) in [6.07, 6.45) is 2.04. The van der Waals surface area contributed by atoms with Crippen molar-refractivity contribution in [2.24, 2.45) is 5.41 Å². The maximum absolute atomic E-state index is 6.04. The van der Waals surface area contributed by atoms with Gasteiger partial charge in [0, 0.05) is 24.0 Å². The minimum atomic E-state index is 0.151. The zero-order valence-electron chi connectivity index (χ0n) is 11.0. The van der Waals surface area contributed by atoms with Crippen molar-refractivity contribution in [1.29, 1.82) is 0 Å². The molecule has 1 aromatic rings. The first-order chi connectivity index (χ1) is 9.21. The van der Waals surface area contributed by atoms with E-state index in [-0.39, 0.29) is 5.41 Å². The van der Waals surface area contributed by atoms with E-state index in [2.05, 4.69) is 31.9 Å². The van der Waals surface area contributed by atoms with E-state index in [1.54, 1.807) is 7.11 Å². The van der Waals surface area contributed by atoms with Crippen LogP contribution < -0.4 is 9.47 Å². The van der Waals surface area contributed by atoms with Crippen LogP contribution >= 0.6 is 31.9 Å². The lowest BCUT2D eigenvalue weighted by atomic mass is 9.83. The Balaban J connectivity index is 2.09. The normalized spacial score (nSPS) is 18.1. The second-order valence-corrected chi connectivity index (χ2v) is 6.22.